The molecule has 1 aliphatic heterocycles. The number of Topliss-reactive ketones (excluding diaryl/α,β-unsaturated/α-hetero) is 1. The number of allylic oxidation sites excluding steroid dienone is 4. The standard InChI is InChI=1S/C17H15N3O3/c1-10-12(9-18)16(11-5-2-3-7-14(11)20(22)23)17-13(19-10)6-4-8-15(17)21/h2-3,5,7,16,19H,4,6,8H2,1H3. The molecule has 0 saturated carbocycles. The second-order valence-electron chi connectivity index (χ2n) is 5.69. The van der Waals surface area contributed by atoms with Crippen molar-refractivity contribution in [2.75, 3.05) is 0 Å². The van der Waals surface area contributed by atoms with E-state index in [4.69, 9.17) is 0 Å². The van der Waals surface area contributed by atoms with E-state index in [-0.39, 0.29) is 11.5 Å². The SMILES string of the molecule is CC1=C(C#N)C(c2ccccc2[N+](=O)[O-])C2=C(CCCC2=O)N1. The minimum atomic E-state index is -0.661. The lowest BCUT2D eigenvalue weighted by molar-refractivity contribution is -0.385. The van der Waals surface area contributed by atoms with Gasteiger partial charge in [0.1, 0.15) is 0 Å². The number of nitriles is 1. The summed E-state index contributed by atoms with van der Waals surface area (Å²) >= 11 is 0. The maximum absolute atomic E-state index is 12.5. The van der Waals surface area contributed by atoms with Gasteiger partial charge in [-0.05, 0) is 19.8 Å². The highest BCUT2D eigenvalue weighted by molar-refractivity contribution is 6.00. The van der Waals surface area contributed by atoms with E-state index in [1.54, 1.807) is 25.1 Å². The Hall–Kier alpha value is -2.94. The molecular formula is C17H15N3O3. The number of nitrogens with one attached hydrogen (secondary N) is 1. The number of ketones is 1. The van der Waals surface area contributed by atoms with Crippen molar-refractivity contribution in [3.8, 4) is 6.07 Å². The smallest absolute Gasteiger partial charge is 0.273 e. The van der Waals surface area contributed by atoms with Crippen LogP contribution in [-0.2, 0) is 4.79 Å². The fraction of sp³-hybridized carbons (Fsp3) is 0.294. The molecule has 1 unspecified atom stereocenters. The Balaban J connectivity index is 2.26. The van der Waals surface area contributed by atoms with Gasteiger partial charge in [0.15, 0.2) is 5.78 Å². The van der Waals surface area contributed by atoms with Crippen LogP contribution in [0.3, 0.4) is 0 Å². The lowest BCUT2D eigenvalue weighted by Gasteiger charge is -2.32. The van der Waals surface area contributed by atoms with Gasteiger partial charge in [-0.25, -0.2) is 0 Å². The van der Waals surface area contributed by atoms with Gasteiger partial charge in [-0.15, -0.1) is 0 Å². The van der Waals surface area contributed by atoms with Crippen molar-refractivity contribution in [2.45, 2.75) is 32.1 Å². The summed E-state index contributed by atoms with van der Waals surface area (Å²) in [6.07, 6.45) is 1.88. The molecule has 1 aromatic rings. The average molecular weight is 309 g/mol. The lowest BCUT2D eigenvalue weighted by Crippen LogP contribution is -2.31. The van der Waals surface area contributed by atoms with Gasteiger partial charge in [0.2, 0.25) is 0 Å². The van der Waals surface area contributed by atoms with Gasteiger partial charge < -0.3 is 5.32 Å². The van der Waals surface area contributed by atoms with Crippen molar-refractivity contribution in [3.05, 3.63) is 62.5 Å². The molecule has 1 aromatic carbocycles. The fourth-order valence-corrected chi connectivity index (χ4v) is 3.34. The van der Waals surface area contributed by atoms with Crippen LogP contribution in [0.2, 0.25) is 0 Å². The first kappa shape index (κ1) is 15.0. The molecule has 0 amide bonds. The molecule has 1 aliphatic carbocycles. The Labute approximate surface area is 133 Å². The Kier molecular flexibility index (Phi) is 3.70. The van der Waals surface area contributed by atoms with Crippen molar-refractivity contribution in [1.82, 2.24) is 5.32 Å². The largest absolute Gasteiger partial charge is 0.361 e. The van der Waals surface area contributed by atoms with Gasteiger partial charge in [0.05, 0.1) is 22.5 Å². The highest BCUT2D eigenvalue weighted by Gasteiger charge is 2.38. The van der Waals surface area contributed by atoms with Gasteiger partial charge in [-0.1, -0.05) is 18.2 Å². The second kappa shape index (κ2) is 5.69. The molecule has 0 fully saturated rings. The number of dihydropyridines is 1. The lowest BCUT2D eigenvalue weighted by atomic mass is 9.75. The summed E-state index contributed by atoms with van der Waals surface area (Å²) in [6.45, 7) is 1.77. The quantitative estimate of drug-likeness (QED) is 0.669. The van der Waals surface area contributed by atoms with E-state index >= 15 is 0 Å². The highest BCUT2D eigenvalue weighted by Crippen LogP contribution is 2.44. The number of nitro benzene ring substituents is 1. The first-order valence-corrected chi connectivity index (χ1v) is 7.42. The molecule has 1 N–H and O–H groups in total. The normalized spacial score (nSPS) is 20.7. The summed E-state index contributed by atoms with van der Waals surface area (Å²) in [7, 11) is 0. The van der Waals surface area contributed by atoms with Crippen LogP contribution in [0.25, 0.3) is 0 Å². The van der Waals surface area contributed by atoms with Crippen LogP contribution in [0, 0.1) is 21.4 Å². The molecule has 6 heteroatoms. The molecule has 116 valence electrons. The second-order valence-corrected chi connectivity index (χ2v) is 5.69. The number of rotatable bonds is 2. The third-order valence-corrected chi connectivity index (χ3v) is 4.34. The van der Waals surface area contributed by atoms with Gasteiger partial charge >= 0.3 is 0 Å². The molecule has 0 radical (unpaired) electrons. The summed E-state index contributed by atoms with van der Waals surface area (Å²) in [4.78, 5) is 23.4. The Morgan fingerprint density at radius 3 is 2.78 bits per heavy atom. The summed E-state index contributed by atoms with van der Waals surface area (Å²) in [6, 6.07) is 8.46. The highest BCUT2D eigenvalue weighted by atomic mass is 16.6. The van der Waals surface area contributed by atoms with Crippen LogP contribution >= 0.6 is 0 Å². The van der Waals surface area contributed by atoms with Crippen LogP contribution in [0.15, 0.2) is 46.8 Å². The van der Waals surface area contributed by atoms with E-state index in [9.17, 15) is 20.2 Å². The van der Waals surface area contributed by atoms with Crippen molar-refractivity contribution in [3.63, 3.8) is 0 Å². The number of hydrogen-bond donors (Lipinski definition) is 1. The molecule has 0 saturated heterocycles. The number of carbonyl (C=O) groups is 1. The molecule has 0 aromatic heterocycles. The van der Waals surface area contributed by atoms with Crippen LogP contribution in [0.5, 0.6) is 0 Å². The van der Waals surface area contributed by atoms with Crippen LogP contribution < -0.4 is 5.32 Å². The first-order chi connectivity index (χ1) is 11.0. The molecule has 1 heterocycles. The maximum Gasteiger partial charge on any atom is 0.273 e. The number of hydrogen-bond acceptors (Lipinski definition) is 5. The van der Waals surface area contributed by atoms with E-state index in [2.05, 4.69) is 11.4 Å². The zero-order chi connectivity index (χ0) is 16.6. The minimum Gasteiger partial charge on any atom is -0.361 e. The number of carbonyl (C=O) groups excluding carboxylic acids is 1. The van der Waals surface area contributed by atoms with Crippen LogP contribution in [0.1, 0.15) is 37.7 Å². The predicted octanol–water partition coefficient (Wildman–Crippen LogP) is 3.09. The van der Waals surface area contributed by atoms with Crippen LogP contribution in [-0.4, -0.2) is 10.7 Å². The van der Waals surface area contributed by atoms with Crippen molar-refractivity contribution >= 4 is 11.5 Å². The Morgan fingerprint density at radius 1 is 1.35 bits per heavy atom. The molecule has 0 spiro atoms. The maximum atomic E-state index is 12.5. The topological polar surface area (TPSA) is 96.0 Å². The van der Waals surface area contributed by atoms with Crippen molar-refractivity contribution < 1.29 is 9.72 Å². The molecule has 2 aliphatic rings. The summed E-state index contributed by atoms with van der Waals surface area (Å²) in [5.74, 6) is -0.701. The van der Waals surface area contributed by atoms with Crippen molar-refractivity contribution in [1.29, 1.82) is 5.26 Å². The number of para-hydroxylation sites is 1. The zero-order valence-electron chi connectivity index (χ0n) is 12.6. The van der Waals surface area contributed by atoms with Crippen LogP contribution in [0.4, 0.5) is 5.69 Å². The zero-order valence-corrected chi connectivity index (χ0v) is 12.6. The first-order valence-electron chi connectivity index (χ1n) is 7.42. The van der Waals surface area contributed by atoms with E-state index < -0.39 is 10.8 Å². The Bertz CT molecular complexity index is 815. The van der Waals surface area contributed by atoms with Gasteiger partial charge in [-0.2, -0.15) is 5.26 Å². The summed E-state index contributed by atoms with van der Waals surface area (Å²) in [5.41, 5.74) is 2.66. The van der Waals surface area contributed by atoms with Gasteiger partial charge in [-0.3, -0.25) is 14.9 Å². The van der Waals surface area contributed by atoms with E-state index in [1.165, 1.54) is 6.07 Å². The van der Waals surface area contributed by atoms with Gasteiger partial charge in [0.25, 0.3) is 5.69 Å². The fourth-order valence-electron chi connectivity index (χ4n) is 3.34. The molecule has 1 atom stereocenters. The van der Waals surface area contributed by atoms with E-state index in [0.29, 0.717) is 35.2 Å². The molecular weight excluding hydrogens is 294 g/mol. The van der Waals surface area contributed by atoms with Gasteiger partial charge in [0, 0.05) is 35.0 Å². The summed E-state index contributed by atoms with van der Waals surface area (Å²) in [5, 5.41) is 24.1. The monoisotopic (exact) mass is 309 g/mol. The van der Waals surface area contributed by atoms with E-state index in [1.807, 2.05) is 0 Å². The summed E-state index contributed by atoms with van der Waals surface area (Å²) < 4.78 is 0. The molecule has 23 heavy (non-hydrogen) atoms. The molecule has 0 bridgehead atoms. The Morgan fingerprint density at radius 2 is 2.09 bits per heavy atom. The van der Waals surface area contributed by atoms with E-state index in [0.717, 1.165) is 12.1 Å². The van der Waals surface area contributed by atoms with Crippen molar-refractivity contribution in [2.24, 2.45) is 0 Å². The molecule has 6 nitrogen and oxygen atoms in total. The third-order valence-electron chi connectivity index (χ3n) is 4.34. The number of nitro groups is 1. The third kappa shape index (κ3) is 2.40. The number of nitrogens with zero attached hydrogens (tertiary/aromatic N) is 2. The molecule has 3 rings (SSSR count). The average Bonchev–Trinajstić information content (AvgIpc) is 2.53. The minimum absolute atomic E-state index is 0.0397. The predicted molar refractivity (Wildman–Crippen MR) is 83.2 cm³/mol. The number of benzene rings is 1.